The van der Waals surface area contributed by atoms with Crippen LogP contribution in [0.15, 0.2) is 43.5 Å². The number of hydrogen-bond acceptors (Lipinski definition) is 8. The summed E-state index contributed by atoms with van der Waals surface area (Å²) in [6.45, 7) is 4.39. The molecule has 3 aromatic rings. The van der Waals surface area contributed by atoms with E-state index >= 15 is 4.39 Å². The zero-order valence-corrected chi connectivity index (χ0v) is 28.8. The number of esters is 2. The summed E-state index contributed by atoms with van der Waals surface area (Å²) in [5, 5.41) is 8.56. The number of nitrogens with zero attached hydrogens (tertiary/aromatic N) is 6. The van der Waals surface area contributed by atoms with Gasteiger partial charge in [-0.3, -0.25) is 14.3 Å². The highest BCUT2D eigenvalue weighted by molar-refractivity contribution is 5.70. The van der Waals surface area contributed by atoms with Crippen molar-refractivity contribution in [1.29, 1.82) is 0 Å². The summed E-state index contributed by atoms with van der Waals surface area (Å²) in [4.78, 5) is 34.0. The first-order chi connectivity index (χ1) is 23.4. The Morgan fingerprint density at radius 2 is 1.38 bits per heavy atom. The zero-order valence-electron chi connectivity index (χ0n) is 28.8. The van der Waals surface area contributed by atoms with E-state index in [1.807, 2.05) is 0 Å². The maximum atomic E-state index is 15.4. The second-order valence-electron chi connectivity index (χ2n) is 12.6. The summed E-state index contributed by atoms with van der Waals surface area (Å²) < 4.78 is 44.1. The third kappa shape index (κ3) is 14.6. The lowest BCUT2D eigenvalue weighted by atomic mass is 9.87. The molecule has 0 spiro atoms. The van der Waals surface area contributed by atoms with Gasteiger partial charge in [0.05, 0.1) is 12.6 Å². The smallest absolute Gasteiger partial charge is 0.306 e. The maximum absolute atomic E-state index is 15.4. The van der Waals surface area contributed by atoms with Gasteiger partial charge in [0.1, 0.15) is 49.7 Å². The van der Waals surface area contributed by atoms with E-state index in [1.165, 1.54) is 76.0 Å². The van der Waals surface area contributed by atoms with Crippen LogP contribution in [-0.2, 0) is 25.6 Å². The predicted octanol–water partition coefficient (Wildman–Crippen LogP) is 8.30. The van der Waals surface area contributed by atoms with Gasteiger partial charge in [-0.05, 0) is 24.5 Å². The SMILES string of the molecule is CCCCCCCCCC(=O)OCC(CC(C(Cn1cncn1)c1ccc(F)cc1F)n1cncn1)OC(=O)CCCCCCCCC. The van der Waals surface area contributed by atoms with Gasteiger partial charge in [0, 0.05) is 31.2 Å². The zero-order chi connectivity index (χ0) is 34.4. The van der Waals surface area contributed by atoms with E-state index in [2.05, 4.69) is 34.0 Å². The average Bonchev–Trinajstić information content (AvgIpc) is 3.80. The molecular formula is C36H54F2N6O4. The van der Waals surface area contributed by atoms with E-state index in [-0.39, 0.29) is 49.9 Å². The van der Waals surface area contributed by atoms with Crippen LogP contribution in [-0.4, -0.2) is 54.2 Å². The molecule has 0 saturated carbocycles. The van der Waals surface area contributed by atoms with Crippen LogP contribution < -0.4 is 0 Å². The number of carbonyl (C=O) groups is 2. The highest BCUT2D eigenvalue weighted by atomic mass is 19.1. The quantitative estimate of drug-likeness (QED) is 0.0618. The number of rotatable bonds is 26. The number of carbonyl (C=O) groups excluding carboxylic acids is 2. The number of ether oxygens (including phenoxy) is 2. The second kappa shape index (κ2) is 22.8. The fourth-order valence-corrected chi connectivity index (χ4v) is 5.98. The monoisotopic (exact) mass is 672 g/mol. The molecule has 0 amide bonds. The molecule has 0 aliphatic carbocycles. The molecule has 3 rings (SSSR count). The molecule has 0 N–H and O–H groups in total. The average molecular weight is 673 g/mol. The van der Waals surface area contributed by atoms with Crippen molar-refractivity contribution in [3.63, 3.8) is 0 Å². The van der Waals surface area contributed by atoms with Crippen molar-refractivity contribution in [2.24, 2.45) is 0 Å². The maximum Gasteiger partial charge on any atom is 0.306 e. The molecule has 48 heavy (non-hydrogen) atoms. The summed E-state index contributed by atoms with van der Waals surface area (Å²) in [6, 6.07) is 2.82. The highest BCUT2D eigenvalue weighted by Gasteiger charge is 2.33. The van der Waals surface area contributed by atoms with Crippen LogP contribution in [0.1, 0.15) is 141 Å². The normalized spacial score (nSPS) is 13.2. The van der Waals surface area contributed by atoms with Gasteiger partial charge < -0.3 is 9.47 Å². The third-order valence-electron chi connectivity index (χ3n) is 8.65. The molecule has 2 heterocycles. The van der Waals surface area contributed by atoms with Crippen LogP contribution in [0, 0.1) is 11.6 Å². The molecule has 0 fully saturated rings. The van der Waals surface area contributed by atoms with Crippen LogP contribution in [0.2, 0.25) is 0 Å². The van der Waals surface area contributed by atoms with E-state index in [1.54, 1.807) is 9.36 Å². The topological polar surface area (TPSA) is 114 Å². The van der Waals surface area contributed by atoms with Crippen molar-refractivity contribution in [2.75, 3.05) is 6.61 Å². The van der Waals surface area contributed by atoms with Gasteiger partial charge >= 0.3 is 11.9 Å². The fraction of sp³-hybridized carbons (Fsp3) is 0.667. The first-order valence-electron chi connectivity index (χ1n) is 17.9. The van der Waals surface area contributed by atoms with E-state index in [0.717, 1.165) is 51.0 Å². The van der Waals surface area contributed by atoms with Gasteiger partial charge in [0.15, 0.2) is 0 Å². The fourth-order valence-electron chi connectivity index (χ4n) is 5.98. The van der Waals surface area contributed by atoms with Crippen molar-refractivity contribution in [2.45, 2.75) is 148 Å². The van der Waals surface area contributed by atoms with E-state index in [4.69, 9.17) is 9.47 Å². The summed E-state index contributed by atoms with van der Waals surface area (Å²) in [5.74, 6) is -2.80. The van der Waals surface area contributed by atoms with Crippen LogP contribution in [0.4, 0.5) is 8.78 Å². The summed E-state index contributed by atoms with van der Waals surface area (Å²) >= 11 is 0. The van der Waals surface area contributed by atoms with E-state index < -0.39 is 29.7 Å². The number of aromatic nitrogens is 6. The van der Waals surface area contributed by atoms with Gasteiger partial charge in [-0.25, -0.2) is 23.4 Å². The largest absolute Gasteiger partial charge is 0.462 e. The Hall–Kier alpha value is -3.70. The summed E-state index contributed by atoms with van der Waals surface area (Å²) in [6.07, 6.45) is 20.6. The van der Waals surface area contributed by atoms with Gasteiger partial charge in [-0.2, -0.15) is 10.2 Å². The molecule has 0 saturated heterocycles. The lowest BCUT2D eigenvalue weighted by Crippen LogP contribution is -2.32. The molecule has 10 nitrogen and oxygen atoms in total. The van der Waals surface area contributed by atoms with Crippen molar-refractivity contribution >= 4 is 11.9 Å². The van der Waals surface area contributed by atoms with Crippen molar-refractivity contribution in [1.82, 2.24) is 29.5 Å². The van der Waals surface area contributed by atoms with Crippen LogP contribution in [0.3, 0.4) is 0 Å². The molecule has 0 radical (unpaired) electrons. The molecule has 0 bridgehead atoms. The van der Waals surface area contributed by atoms with Crippen molar-refractivity contribution in [3.05, 3.63) is 60.7 Å². The molecule has 3 unspecified atom stereocenters. The summed E-state index contributed by atoms with van der Waals surface area (Å²) in [5.41, 5.74) is 0.233. The van der Waals surface area contributed by atoms with Gasteiger partial charge in [-0.15, -0.1) is 0 Å². The lowest BCUT2D eigenvalue weighted by Gasteiger charge is -2.30. The minimum atomic E-state index is -0.837. The molecular weight excluding hydrogens is 618 g/mol. The van der Waals surface area contributed by atoms with E-state index in [0.29, 0.717) is 6.42 Å². The van der Waals surface area contributed by atoms with Gasteiger partial charge in [0.25, 0.3) is 0 Å². The highest BCUT2D eigenvalue weighted by Crippen LogP contribution is 2.36. The Bertz CT molecular complexity index is 1290. The molecule has 12 heteroatoms. The first-order valence-corrected chi connectivity index (χ1v) is 17.9. The Kier molecular flexibility index (Phi) is 18.4. The molecule has 1 aromatic carbocycles. The van der Waals surface area contributed by atoms with Crippen molar-refractivity contribution < 1.29 is 27.8 Å². The lowest BCUT2D eigenvalue weighted by molar-refractivity contribution is -0.160. The van der Waals surface area contributed by atoms with Gasteiger partial charge in [-0.1, -0.05) is 97.0 Å². The molecule has 0 aliphatic heterocycles. The van der Waals surface area contributed by atoms with E-state index in [9.17, 15) is 14.0 Å². The molecule has 2 aromatic heterocycles. The van der Waals surface area contributed by atoms with Crippen LogP contribution in [0.5, 0.6) is 0 Å². The number of benzene rings is 1. The second-order valence-corrected chi connectivity index (χ2v) is 12.6. The minimum Gasteiger partial charge on any atom is -0.462 e. The molecule has 266 valence electrons. The summed E-state index contributed by atoms with van der Waals surface area (Å²) in [7, 11) is 0. The number of halogens is 2. The van der Waals surface area contributed by atoms with Crippen LogP contribution in [0.25, 0.3) is 0 Å². The van der Waals surface area contributed by atoms with Crippen molar-refractivity contribution in [3.8, 4) is 0 Å². The predicted molar refractivity (Wildman–Crippen MR) is 179 cm³/mol. The number of hydrogen-bond donors (Lipinski definition) is 0. The third-order valence-corrected chi connectivity index (χ3v) is 8.65. The Balaban J connectivity index is 1.75. The van der Waals surface area contributed by atoms with Gasteiger partial charge in [0.2, 0.25) is 0 Å². The Morgan fingerprint density at radius 1 is 0.771 bits per heavy atom. The van der Waals surface area contributed by atoms with Crippen LogP contribution >= 0.6 is 0 Å². The molecule has 3 atom stereocenters. The Morgan fingerprint density at radius 3 is 1.96 bits per heavy atom. The standard InChI is InChI=1S/C36H54F2N6O4/c1-3-5-7-9-11-13-15-17-35(45)47-24-30(48-36(46)18-16-14-12-10-8-6-4-2)22-34(44-28-40-26-42-44)32(23-43-27-39-25-41-43)31-20-19-29(37)21-33(31)38/h19-21,25-28,30,32,34H,3-18,22-24H2,1-2H3. The Labute approximate surface area is 284 Å². The number of unbranched alkanes of at least 4 members (excludes halogenated alkanes) is 12. The minimum absolute atomic E-state index is 0.132. The first kappa shape index (κ1) is 38.7. The molecule has 0 aliphatic rings.